The molecule has 2 radical (unpaired) electrons. The van der Waals surface area contributed by atoms with E-state index in [1.54, 1.807) is 0 Å². The molecular weight excluding hydrogens is 402 g/mol. The lowest BCUT2D eigenvalue weighted by atomic mass is 9.53. The summed E-state index contributed by atoms with van der Waals surface area (Å²) in [6, 6.07) is 17.6. The van der Waals surface area contributed by atoms with Crippen LogP contribution in [0.1, 0.15) is 94.7 Å². The minimum atomic E-state index is 0.161. The van der Waals surface area contributed by atoms with Crippen molar-refractivity contribution in [3.05, 3.63) is 71.9 Å². The number of anilines is 1. The van der Waals surface area contributed by atoms with E-state index < -0.39 is 0 Å². The van der Waals surface area contributed by atoms with E-state index >= 15 is 0 Å². The molecule has 0 saturated heterocycles. The van der Waals surface area contributed by atoms with Crippen LogP contribution in [-0.4, -0.2) is 16.4 Å². The normalized spacial score (nSPS) is 30.6. The molecule has 7 rings (SSSR count). The van der Waals surface area contributed by atoms with Crippen LogP contribution in [0.15, 0.2) is 53.6 Å². The Morgan fingerprint density at radius 3 is 1.85 bits per heavy atom. The van der Waals surface area contributed by atoms with Gasteiger partial charge in [0.15, 0.2) is 5.84 Å². The maximum Gasteiger partial charge on any atom is 0.233 e. The zero-order valence-electron chi connectivity index (χ0n) is 20.6. The fraction of sp³-hybridized carbons (Fsp3) is 0.533. The van der Waals surface area contributed by atoms with Crippen molar-refractivity contribution in [1.82, 2.24) is 5.01 Å². The van der Waals surface area contributed by atoms with E-state index in [1.807, 2.05) is 0 Å². The third kappa shape index (κ3) is 3.50. The van der Waals surface area contributed by atoms with Crippen molar-refractivity contribution in [2.75, 3.05) is 4.90 Å². The predicted molar refractivity (Wildman–Crippen MR) is 136 cm³/mol. The smallest absolute Gasteiger partial charge is 0.233 e. The highest BCUT2D eigenvalue weighted by atomic mass is 15.6. The molecule has 1 aliphatic heterocycles. The fourth-order valence-corrected chi connectivity index (χ4v) is 7.54. The van der Waals surface area contributed by atoms with Gasteiger partial charge < -0.3 is 0 Å². The summed E-state index contributed by atoms with van der Waals surface area (Å²) in [6.07, 6.45) is 8.19. The third-order valence-electron chi connectivity index (χ3n) is 8.65. The van der Waals surface area contributed by atoms with Crippen LogP contribution in [0, 0.1) is 24.4 Å². The first-order chi connectivity index (χ1) is 15.9. The largest absolute Gasteiger partial charge is 0.291 e. The highest BCUT2D eigenvalue weighted by Crippen LogP contribution is 2.59. The van der Waals surface area contributed by atoms with Crippen molar-refractivity contribution in [3.63, 3.8) is 0 Å². The van der Waals surface area contributed by atoms with E-state index in [9.17, 15) is 0 Å². The minimum Gasteiger partial charge on any atom is -0.291 e. The summed E-state index contributed by atoms with van der Waals surface area (Å²) in [5.74, 6) is 4.56. The minimum absolute atomic E-state index is 0.161. The highest BCUT2D eigenvalue weighted by molar-refractivity contribution is 6.12. The average Bonchev–Trinajstić information content (AvgIpc) is 3.24. The Morgan fingerprint density at radius 1 is 0.788 bits per heavy atom. The molecule has 2 aromatic rings. The summed E-state index contributed by atoms with van der Waals surface area (Å²) in [5, 5.41) is 7.68. The molecule has 4 fully saturated rings. The number of hydrogen-bond donors (Lipinski definition) is 0. The summed E-state index contributed by atoms with van der Waals surface area (Å²) in [4.78, 5) is 2.32. The Kier molecular flexibility index (Phi) is 5.08. The number of hydrazone groups is 1. The second-order valence-corrected chi connectivity index (χ2v) is 11.8. The Labute approximate surface area is 199 Å². The molecule has 2 aromatic carbocycles. The molecule has 0 spiro atoms. The number of benzene rings is 2. The molecule has 172 valence electrons. The molecule has 3 nitrogen and oxygen atoms in total. The third-order valence-corrected chi connectivity index (χ3v) is 8.65. The van der Waals surface area contributed by atoms with E-state index in [2.05, 4.69) is 92.8 Å². The molecule has 0 atom stereocenters. The molecule has 0 amide bonds. The van der Waals surface area contributed by atoms with Crippen LogP contribution in [-0.2, 0) is 0 Å². The quantitative estimate of drug-likeness (QED) is 0.484. The van der Waals surface area contributed by atoms with Gasteiger partial charge in [-0.1, -0.05) is 76.2 Å². The van der Waals surface area contributed by atoms with Crippen molar-refractivity contribution < 1.29 is 0 Å². The van der Waals surface area contributed by atoms with Gasteiger partial charge in [0, 0.05) is 5.56 Å². The van der Waals surface area contributed by atoms with E-state index in [4.69, 9.17) is 5.10 Å². The Hall–Kier alpha value is -2.29. The van der Waals surface area contributed by atoms with Crippen LogP contribution in [0.4, 0.5) is 5.69 Å². The summed E-state index contributed by atoms with van der Waals surface area (Å²) >= 11 is 0. The summed E-state index contributed by atoms with van der Waals surface area (Å²) in [6.45, 7) is 13.1. The monoisotopic (exact) mass is 439 g/mol. The van der Waals surface area contributed by atoms with Crippen LogP contribution in [0.25, 0.3) is 0 Å². The molecule has 0 aromatic heterocycles. The molecule has 4 saturated carbocycles. The first-order valence-corrected chi connectivity index (χ1v) is 13.1. The molecule has 0 N–H and O–H groups in total. The lowest BCUT2D eigenvalue weighted by molar-refractivity contribution is -0.0747. The van der Waals surface area contributed by atoms with Gasteiger partial charge in [0.2, 0.25) is 6.67 Å². The average molecular weight is 440 g/mol. The Morgan fingerprint density at radius 2 is 1.33 bits per heavy atom. The number of hydrogen-bond acceptors (Lipinski definition) is 3. The maximum atomic E-state index is 5.37. The van der Waals surface area contributed by atoms with Crippen molar-refractivity contribution in [2.24, 2.45) is 22.9 Å². The van der Waals surface area contributed by atoms with Crippen LogP contribution in [0.3, 0.4) is 0 Å². The van der Waals surface area contributed by atoms with Crippen molar-refractivity contribution in [3.8, 4) is 0 Å². The van der Waals surface area contributed by atoms with Crippen molar-refractivity contribution in [1.29, 1.82) is 0 Å². The molecule has 4 bridgehead atoms. The molecular formula is C30H37N3. The molecule has 4 aliphatic carbocycles. The number of nitrogens with zero attached hydrogens (tertiary/aromatic N) is 3. The lowest BCUT2D eigenvalue weighted by Crippen LogP contribution is -2.57. The standard InChI is InChI=1S/C30H37N3/c1-20(2)26-11-8-12-27(21(3)4)28(26)32-19-33(31-29(32)25-9-6-5-7-10-25)30-16-22-13-23(17-30)15-24(14-22)18-30/h5-12,20-24H,13-18H2,1-4H3. The van der Waals surface area contributed by atoms with Gasteiger partial charge in [0.1, 0.15) is 0 Å². The second kappa shape index (κ2) is 7.89. The topological polar surface area (TPSA) is 18.8 Å². The first-order valence-electron chi connectivity index (χ1n) is 13.1. The fourth-order valence-electron chi connectivity index (χ4n) is 7.54. The van der Waals surface area contributed by atoms with E-state index in [1.165, 1.54) is 60.9 Å². The zero-order chi connectivity index (χ0) is 22.7. The Balaban J connectivity index is 1.47. The van der Waals surface area contributed by atoms with Crippen LogP contribution >= 0.6 is 0 Å². The van der Waals surface area contributed by atoms with Crippen LogP contribution in [0.2, 0.25) is 0 Å². The van der Waals surface area contributed by atoms with Crippen LogP contribution < -0.4 is 4.90 Å². The van der Waals surface area contributed by atoms with Gasteiger partial charge in [0.25, 0.3) is 0 Å². The van der Waals surface area contributed by atoms with Crippen LogP contribution in [0.5, 0.6) is 0 Å². The number of rotatable bonds is 5. The van der Waals surface area contributed by atoms with E-state index in [0.29, 0.717) is 11.8 Å². The van der Waals surface area contributed by atoms with Gasteiger partial charge in [-0.3, -0.25) is 9.91 Å². The van der Waals surface area contributed by atoms with Gasteiger partial charge in [-0.15, -0.1) is 0 Å². The SMILES string of the molecule is CC(C)c1cccc(C(C)C)c1N1[C]N(C23CC4CC(CC(C4)C2)C3)N=C1c1ccccc1. The van der Waals surface area contributed by atoms with Gasteiger partial charge in [-0.25, -0.2) is 0 Å². The number of para-hydroxylation sites is 1. The molecule has 3 heteroatoms. The van der Waals surface area contributed by atoms with Gasteiger partial charge in [-0.05, 0) is 79.2 Å². The van der Waals surface area contributed by atoms with Gasteiger partial charge >= 0.3 is 0 Å². The van der Waals surface area contributed by atoms with Gasteiger partial charge in [0.05, 0.1) is 11.2 Å². The van der Waals surface area contributed by atoms with E-state index in [0.717, 1.165) is 23.6 Å². The molecule has 5 aliphatic rings. The Bertz CT molecular complexity index is 990. The zero-order valence-corrected chi connectivity index (χ0v) is 20.6. The van der Waals surface area contributed by atoms with Crippen molar-refractivity contribution in [2.45, 2.75) is 83.6 Å². The second-order valence-electron chi connectivity index (χ2n) is 11.8. The van der Waals surface area contributed by atoms with Crippen molar-refractivity contribution >= 4 is 11.5 Å². The molecule has 0 unspecified atom stereocenters. The maximum absolute atomic E-state index is 5.37. The summed E-state index contributed by atoms with van der Waals surface area (Å²) in [5.41, 5.74) is 5.38. The van der Waals surface area contributed by atoms with E-state index in [-0.39, 0.29) is 5.54 Å². The summed E-state index contributed by atoms with van der Waals surface area (Å²) < 4.78 is 0. The molecule has 1 heterocycles. The lowest BCUT2D eigenvalue weighted by Gasteiger charge is -2.58. The summed E-state index contributed by atoms with van der Waals surface area (Å²) in [7, 11) is 0. The van der Waals surface area contributed by atoms with Gasteiger partial charge in [-0.2, -0.15) is 5.10 Å². The number of amidine groups is 1. The highest BCUT2D eigenvalue weighted by Gasteiger charge is 2.55. The molecule has 33 heavy (non-hydrogen) atoms. The first kappa shape index (κ1) is 21.3. The predicted octanol–water partition coefficient (Wildman–Crippen LogP) is 7.38.